The van der Waals surface area contributed by atoms with Gasteiger partial charge in [-0.25, -0.2) is 9.36 Å². The minimum Gasteiger partial charge on any atom is -0.352 e. The van der Waals surface area contributed by atoms with Crippen molar-refractivity contribution in [2.75, 3.05) is 0 Å². The molecule has 7 heteroatoms. The Bertz CT molecular complexity index is 1200. The lowest BCUT2D eigenvalue weighted by Gasteiger charge is -2.21. The average molecular weight is 414 g/mol. The van der Waals surface area contributed by atoms with E-state index in [1.54, 1.807) is 43.3 Å². The van der Waals surface area contributed by atoms with Crippen molar-refractivity contribution >= 4 is 28.4 Å². The molecule has 152 valence electrons. The summed E-state index contributed by atoms with van der Waals surface area (Å²) in [5.74, 6) is -0.294. The molecule has 0 radical (unpaired) electrons. The molecule has 1 heterocycles. The van der Waals surface area contributed by atoms with Crippen molar-refractivity contribution in [2.45, 2.75) is 46.2 Å². The zero-order chi connectivity index (χ0) is 21.3. The fraction of sp³-hybridized carbons (Fsp3) is 0.318. The molecule has 0 aliphatic heterocycles. The molecular weight excluding hydrogens is 390 g/mol. The molecule has 3 aromatic rings. The first-order valence-corrected chi connectivity index (χ1v) is 9.96. The van der Waals surface area contributed by atoms with Crippen molar-refractivity contribution in [1.82, 2.24) is 14.5 Å². The predicted octanol–water partition coefficient (Wildman–Crippen LogP) is 3.59. The van der Waals surface area contributed by atoms with Crippen LogP contribution >= 0.6 is 11.6 Å². The monoisotopic (exact) mass is 413 g/mol. The SMILES string of the molecule is CC[C@@H](C)NC(=O)[C@H](C)n1c(=O)n(-c2cccc(C)c2)c(=O)c2ccc(Cl)cc21. The number of nitrogens with one attached hydrogen (secondary N) is 1. The number of benzene rings is 2. The van der Waals surface area contributed by atoms with Crippen molar-refractivity contribution in [1.29, 1.82) is 0 Å². The van der Waals surface area contributed by atoms with Crippen LogP contribution in [-0.2, 0) is 4.79 Å². The van der Waals surface area contributed by atoms with Gasteiger partial charge in [-0.05, 0) is 63.1 Å². The highest BCUT2D eigenvalue weighted by atomic mass is 35.5. The van der Waals surface area contributed by atoms with Gasteiger partial charge in [-0.3, -0.25) is 14.2 Å². The van der Waals surface area contributed by atoms with Gasteiger partial charge in [0, 0.05) is 11.1 Å². The Morgan fingerprint density at radius 2 is 1.86 bits per heavy atom. The Hall–Kier alpha value is -2.86. The number of carbonyl (C=O) groups excluding carboxylic acids is 1. The Labute approximate surface area is 173 Å². The molecule has 2 atom stereocenters. The minimum absolute atomic E-state index is 0.0295. The van der Waals surface area contributed by atoms with E-state index in [0.717, 1.165) is 16.6 Å². The van der Waals surface area contributed by atoms with Gasteiger partial charge in [0.15, 0.2) is 0 Å². The van der Waals surface area contributed by atoms with Crippen LogP contribution in [-0.4, -0.2) is 21.1 Å². The molecule has 2 aromatic carbocycles. The van der Waals surface area contributed by atoms with Crippen LogP contribution < -0.4 is 16.6 Å². The summed E-state index contributed by atoms with van der Waals surface area (Å²) in [5.41, 5.74) is 0.683. The molecule has 1 amide bonds. The largest absolute Gasteiger partial charge is 0.352 e. The van der Waals surface area contributed by atoms with E-state index in [4.69, 9.17) is 11.6 Å². The molecule has 0 saturated heterocycles. The maximum Gasteiger partial charge on any atom is 0.336 e. The lowest BCUT2D eigenvalue weighted by Crippen LogP contribution is -2.45. The predicted molar refractivity (Wildman–Crippen MR) is 116 cm³/mol. The van der Waals surface area contributed by atoms with E-state index in [9.17, 15) is 14.4 Å². The normalized spacial score (nSPS) is 13.3. The second-order valence-electron chi connectivity index (χ2n) is 7.29. The third-order valence-electron chi connectivity index (χ3n) is 5.08. The number of carbonyl (C=O) groups is 1. The van der Waals surface area contributed by atoms with Crippen LogP contribution in [0.5, 0.6) is 0 Å². The van der Waals surface area contributed by atoms with Crippen LogP contribution in [0.25, 0.3) is 16.6 Å². The van der Waals surface area contributed by atoms with E-state index in [1.807, 2.05) is 26.8 Å². The molecule has 1 N–H and O–H groups in total. The number of nitrogens with zero attached hydrogens (tertiary/aromatic N) is 2. The Morgan fingerprint density at radius 1 is 1.14 bits per heavy atom. The molecule has 0 aliphatic carbocycles. The zero-order valence-electron chi connectivity index (χ0n) is 16.9. The summed E-state index contributed by atoms with van der Waals surface area (Å²) in [6.45, 7) is 7.39. The van der Waals surface area contributed by atoms with Gasteiger partial charge in [0.1, 0.15) is 6.04 Å². The summed E-state index contributed by atoms with van der Waals surface area (Å²) in [6.07, 6.45) is 0.767. The van der Waals surface area contributed by atoms with Gasteiger partial charge in [-0.1, -0.05) is 30.7 Å². The lowest BCUT2D eigenvalue weighted by atomic mass is 10.1. The molecule has 3 rings (SSSR count). The highest BCUT2D eigenvalue weighted by Crippen LogP contribution is 2.20. The number of fused-ring (bicyclic) bond motifs is 1. The number of amides is 1. The average Bonchev–Trinajstić information content (AvgIpc) is 2.67. The lowest BCUT2D eigenvalue weighted by molar-refractivity contribution is -0.124. The van der Waals surface area contributed by atoms with E-state index in [2.05, 4.69) is 5.32 Å². The maximum absolute atomic E-state index is 13.4. The Morgan fingerprint density at radius 3 is 2.52 bits per heavy atom. The highest BCUT2D eigenvalue weighted by Gasteiger charge is 2.23. The van der Waals surface area contributed by atoms with Crippen LogP contribution in [0.1, 0.15) is 38.8 Å². The van der Waals surface area contributed by atoms with Crippen LogP contribution in [0.3, 0.4) is 0 Å². The molecule has 0 saturated carbocycles. The number of rotatable bonds is 5. The fourth-order valence-corrected chi connectivity index (χ4v) is 3.42. The summed E-state index contributed by atoms with van der Waals surface area (Å²) in [7, 11) is 0. The Balaban J connectivity index is 2.33. The third-order valence-corrected chi connectivity index (χ3v) is 5.31. The van der Waals surface area contributed by atoms with E-state index in [0.29, 0.717) is 21.6 Å². The molecule has 0 aliphatic rings. The van der Waals surface area contributed by atoms with E-state index < -0.39 is 17.3 Å². The summed E-state index contributed by atoms with van der Waals surface area (Å²) >= 11 is 6.14. The first kappa shape index (κ1) is 20.9. The van der Waals surface area contributed by atoms with Crippen LogP contribution in [0.4, 0.5) is 0 Å². The number of aromatic nitrogens is 2. The second kappa shape index (κ2) is 8.25. The molecule has 0 spiro atoms. The van der Waals surface area contributed by atoms with Crippen molar-refractivity contribution in [3.8, 4) is 5.69 Å². The summed E-state index contributed by atoms with van der Waals surface area (Å²) < 4.78 is 2.44. The minimum atomic E-state index is -0.825. The van der Waals surface area contributed by atoms with E-state index in [1.165, 1.54) is 4.57 Å². The van der Waals surface area contributed by atoms with Crippen molar-refractivity contribution in [3.63, 3.8) is 0 Å². The van der Waals surface area contributed by atoms with E-state index in [-0.39, 0.29) is 11.9 Å². The quantitative estimate of drug-likeness (QED) is 0.694. The topological polar surface area (TPSA) is 73.1 Å². The fourth-order valence-electron chi connectivity index (χ4n) is 3.25. The molecule has 0 unspecified atom stereocenters. The maximum atomic E-state index is 13.4. The van der Waals surface area contributed by atoms with Crippen molar-refractivity contribution < 1.29 is 4.79 Å². The molecule has 6 nitrogen and oxygen atoms in total. The molecule has 0 fully saturated rings. The smallest absolute Gasteiger partial charge is 0.336 e. The Kier molecular flexibility index (Phi) is 5.94. The van der Waals surface area contributed by atoms with Gasteiger partial charge in [0.05, 0.1) is 16.6 Å². The van der Waals surface area contributed by atoms with Crippen molar-refractivity contribution in [3.05, 3.63) is 73.9 Å². The number of hydrogen-bond donors (Lipinski definition) is 1. The summed E-state index contributed by atoms with van der Waals surface area (Å²) in [4.78, 5) is 39.4. The number of halogens is 1. The summed E-state index contributed by atoms with van der Waals surface area (Å²) in [5, 5.41) is 3.60. The highest BCUT2D eigenvalue weighted by molar-refractivity contribution is 6.31. The third kappa shape index (κ3) is 3.98. The summed E-state index contributed by atoms with van der Waals surface area (Å²) in [6, 6.07) is 11.0. The molecule has 29 heavy (non-hydrogen) atoms. The van der Waals surface area contributed by atoms with Crippen molar-refractivity contribution in [2.24, 2.45) is 0 Å². The molecule has 0 bridgehead atoms. The van der Waals surface area contributed by atoms with Crippen LogP contribution in [0.2, 0.25) is 5.02 Å². The number of aryl methyl sites for hydroxylation is 1. The molecular formula is C22H24ClN3O3. The first-order chi connectivity index (χ1) is 13.7. The zero-order valence-corrected chi connectivity index (χ0v) is 17.7. The van der Waals surface area contributed by atoms with E-state index >= 15 is 0 Å². The second-order valence-corrected chi connectivity index (χ2v) is 7.72. The van der Waals surface area contributed by atoms with Crippen LogP contribution in [0, 0.1) is 6.92 Å². The van der Waals surface area contributed by atoms with Gasteiger partial charge >= 0.3 is 5.69 Å². The first-order valence-electron chi connectivity index (χ1n) is 9.58. The number of hydrogen-bond acceptors (Lipinski definition) is 3. The van der Waals surface area contributed by atoms with Gasteiger partial charge < -0.3 is 5.32 Å². The van der Waals surface area contributed by atoms with Crippen LogP contribution in [0.15, 0.2) is 52.1 Å². The van der Waals surface area contributed by atoms with Gasteiger partial charge in [-0.2, -0.15) is 0 Å². The molecule has 1 aromatic heterocycles. The van der Waals surface area contributed by atoms with Gasteiger partial charge in [0.25, 0.3) is 5.56 Å². The standard InChI is InChI=1S/C22H24ClN3O3/c1-5-14(3)24-20(27)15(4)25-19-12-16(23)9-10-18(19)21(28)26(22(25)29)17-8-6-7-13(2)11-17/h6-12,14-15H,5H2,1-4H3,(H,24,27)/t14-,15+/m1/s1. The van der Waals surface area contributed by atoms with Gasteiger partial charge in [0.2, 0.25) is 5.91 Å². The van der Waals surface area contributed by atoms with Gasteiger partial charge in [-0.15, -0.1) is 0 Å².